The molecule has 0 aliphatic rings. The summed E-state index contributed by atoms with van der Waals surface area (Å²) in [4.78, 5) is 24.3. The van der Waals surface area contributed by atoms with Gasteiger partial charge in [0.2, 0.25) is 0 Å². The third kappa shape index (κ3) is 4.17. The van der Waals surface area contributed by atoms with Crippen LogP contribution in [0.1, 0.15) is 10.6 Å². The second-order valence-electron chi connectivity index (χ2n) is 4.76. The van der Waals surface area contributed by atoms with Gasteiger partial charge in [0.1, 0.15) is 18.1 Å². The second-order valence-corrected chi connectivity index (χ2v) is 4.76. The highest BCUT2D eigenvalue weighted by atomic mass is 19.1. The van der Waals surface area contributed by atoms with Gasteiger partial charge in [-0.3, -0.25) is 9.59 Å². The number of hydrogen-bond acceptors (Lipinski definition) is 4. The second kappa shape index (κ2) is 7.55. The van der Waals surface area contributed by atoms with Gasteiger partial charge in [0.15, 0.2) is 5.76 Å². The number of carbonyl (C=O) groups excluding carboxylic acids is 1. The molecule has 0 saturated heterocycles. The van der Waals surface area contributed by atoms with E-state index in [-0.39, 0.29) is 30.2 Å². The van der Waals surface area contributed by atoms with Crippen LogP contribution in [0.25, 0.3) is 11.3 Å². The van der Waals surface area contributed by atoms with Crippen molar-refractivity contribution in [2.75, 3.05) is 26.8 Å². The molecule has 0 radical (unpaired) electrons. The molecule has 0 aliphatic carbocycles. The van der Waals surface area contributed by atoms with Gasteiger partial charge in [0.25, 0.3) is 5.91 Å². The van der Waals surface area contributed by atoms with Crippen molar-refractivity contribution in [1.29, 1.82) is 0 Å². The van der Waals surface area contributed by atoms with Crippen molar-refractivity contribution in [2.45, 2.75) is 0 Å². The Balaban J connectivity index is 2.22. The van der Waals surface area contributed by atoms with Crippen LogP contribution >= 0.6 is 0 Å². The third-order valence-corrected chi connectivity index (χ3v) is 3.13. The maximum atomic E-state index is 13.7. The van der Waals surface area contributed by atoms with Crippen LogP contribution in [0.4, 0.5) is 4.39 Å². The zero-order chi connectivity index (χ0) is 16.8. The lowest BCUT2D eigenvalue weighted by Crippen LogP contribution is -2.37. The first-order valence-corrected chi connectivity index (χ1v) is 6.87. The molecule has 0 saturated carbocycles. The molecule has 0 aliphatic heterocycles. The maximum absolute atomic E-state index is 13.7. The molecule has 2 rings (SSSR count). The Morgan fingerprint density at radius 1 is 1.26 bits per heavy atom. The Morgan fingerprint density at radius 2 is 2.00 bits per heavy atom. The van der Waals surface area contributed by atoms with Crippen LogP contribution in [-0.2, 0) is 9.53 Å². The van der Waals surface area contributed by atoms with Gasteiger partial charge in [0, 0.05) is 13.7 Å². The lowest BCUT2D eigenvalue weighted by Gasteiger charge is -2.18. The number of amides is 1. The largest absolute Gasteiger partial charge is 0.480 e. The van der Waals surface area contributed by atoms with Gasteiger partial charge in [-0.1, -0.05) is 12.1 Å². The molecule has 23 heavy (non-hydrogen) atoms. The lowest BCUT2D eigenvalue weighted by atomic mass is 10.1. The Hall–Kier alpha value is -2.67. The molecule has 1 N–H and O–H groups in total. The van der Waals surface area contributed by atoms with Gasteiger partial charge in [-0.05, 0) is 24.3 Å². The monoisotopic (exact) mass is 321 g/mol. The highest BCUT2D eigenvalue weighted by Crippen LogP contribution is 2.25. The number of carbonyl (C=O) groups is 2. The number of carboxylic acids is 1. The highest BCUT2D eigenvalue weighted by Gasteiger charge is 2.22. The fourth-order valence-electron chi connectivity index (χ4n) is 2.03. The lowest BCUT2D eigenvalue weighted by molar-refractivity contribution is -0.137. The molecule has 1 aromatic heterocycles. The molecule has 0 bridgehead atoms. The quantitative estimate of drug-likeness (QED) is 0.846. The molecule has 1 aromatic carbocycles. The van der Waals surface area contributed by atoms with E-state index in [2.05, 4.69) is 0 Å². The standard InChI is InChI=1S/C16H16FNO5/c1-22-9-8-18(10-15(19)20)16(21)14-7-6-13(23-14)11-4-2-3-5-12(11)17/h2-7H,8-10H2,1H3,(H,19,20). The molecule has 0 atom stereocenters. The predicted molar refractivity (Wildman–Crippen MR) is 79.5 cm³/mol. The molecule has 1 amide bonds. The molecule has 2 aromatic rings. The normalized spacial score (nSPS) is 10.5. The summed E-state index contributed by atoms with van der Waals surface area (Å²) in [5.74, 6) is -2.06. The van der Waals surface area contributed by atoms with Gasteiger partial charge in [-0.2, -0.15) is 0 Å². The third-order valence-electron chi connectivity index (χ3n) is 3.13. The number of ether oxygens (including phenoxy) is 1. The van der Waals surface area contributed by atoms with E-state index < -0.39 is 24.2 Å². The molecule has 122 valence electrons. The van der Waals surface area contributed by atoms with Crippen LogP contribution in [0.5, 0.6) is 0 Å². The minimum Gasteiger partial charge on any atom is -0.480 e. The zero-order valence-electron chi connectivity index (χ0n) is 12.5. The number of benzene rings is 1. The van der Waals surface area contributed by atoms with Crippen LogP contribution in [0.15, 0.2) is 40.8 Å². The number of hydrogen-bond donors (Lipinski definition) is 1. The van der Waals surface area contributed by atoms with Gasteiger partial charge in [0.05, 0.1) is 12.2 Å². The topological polar surface area (TPSA) is 80.0 Å². The average molecular weight is 321 g/mol. The van der Waals surface area contributed by atoms with Crippen LogP contribution in [0.2, 0.25) is 0 Å². The minimum atomic E-state index is -1.14. The van der Waals surface area contributed by atoms with E-state index in [9.17, 15) is 14.0 Å². The van der Waals surface area contributed by atoms with Crippen LogP contribution < -0.4 is 0 Å². The molecule has 0 unspecified atom stereocenters. The minimum absolute atomic E-state index is 0.0550. The fourth-order valence-corrected chi connectivity index (χ4v) is 2.03. The van der Waals surface area contributed by atoms with Crippen molar-refractivity contribution >= 4 is 11.9 Å². The van der Waals surface area contributed by atoms with E-state index in [4.69, 9.17) is 14.3 Å². The summed E-state index contributed by atoms with van der Waals surface area (Å²) >= 11 is 0. The first kappa shape index (κ1) is 16.7. The molecule has 1 heterocycles. The average Bonchev–Trinajstić information content (AvgIpc) is 3.00. The number of methoxy groups -OCH3 is 1. The van der Waals surface area contributed by atoms with E-state index in [1.54, 1.807) is 12.1 Å². The van der Waals surface area contributed by atoms with Gasteiger partial charge < -0.3 is 19.2 Å². The number of furan rings is 1. The summed E-state index contributed by atoms with van der Waals surface area (Å²) in [7, 11) is 1.45. The molecule has 6 nitrogen and oxygen atoms in total. The summed E-state index contributed by atoms with van der Waals surface area (Å²) < 4.78 is 24.0. The van der Waals surface area contributed by atoms with Crippen molar-refractivity contribution < 1.29 is 28.2 Å². The van der Waals surface area contributed by atoms with Crippen molar-refractivity contribution in [3.8, 4) is 11.3 Å². The Labute approximate surface area is 132 Å². The SMILES string of the molecule is COCCN(CC(=O)O)C(=O)c1ccc(-c2ccccc2F)o1. The number of rotatable bonds is 7. The Bertz CT molecular complexity index is 697. The van der Waals surface area contributed by atoms with E-state index in [1.807, 2.05) is 0 Å². The van der Waals surface area contributed by atoms with Crippen molar-refractivity contribution in [3.63, 3.8) is 0 Å². The maximum Gasteiger partial charge on any atom is 0.323 e. The van der Waals surface area contributed by atoms with E-state index in [1.165, 1.54) is 31.4 Å². The Morgan fingerprint density at radius 3 is 2.65 bits per heavy atom. The van der Waals surface area contributed by atoms with Crippen molar-refractivity contribution in [1.82, 2.24) is 4.90 Å². The zero-order valence-corrected chi connectivity index (χ0v) is 12.5. The predicted octanol–water partition coefficient (Wildman–Crippen LogP) is 2.26. The van der Waals surface area contributed by atoms with Crippen molar-refractivity contribution in [2.24, 2.45) is 0 Å². The number of aliphatic carboxylic acids is 1. The molecule has 7 heteroatoms. The highest BCUT2D eigenvalue weighted by molar-refractivity contribution is 5.94. The first-order valence-electron chi connectivity index (χ1n) is 6.87. The van der Waals surface area contributed by atoms with Crippen LogP contribution in [-0.4, -0.2) is 48.7 Å². The van der Waals surface area contributed by atoms with Crippen LogP contribution in [0, 0.1) is 5.82 Å². The van der Waals surface area contributed by atoms with Gasteiger partial charge in [-0.15, -0.1) is 0 Å². The summed E-state index contributed by atoms with van der Waals surface area (Å²) in [6, 6.07) is 8.88. The Kier molecular flexibility index (Phi) is 5.48. The molecule has 0 spiro atoms. The summed E-state index contributed by atoms with van der Waals surface area (Å²) in [5.41, 5.74) is 0.230. The number of halogens is 1. The van der Waals surface area contributed by atoms with Gasteiger partial charge >= 0.3 is 5.97 Å². The van der Waals surface area contributed by atoms with E-state index >= 15 is 0 Å². The van der Waals surface area contributed by atoms with Crippen LogP contribution in [0.3, 0.4) is 0 Å². The van der Waals surface area contributed by atoms with Crippen molar-refractivity contribution in [3.05, 3.63) is 48.0 Å². The molecule has 0 fully saturated rings. The molecular formula is C16H16FNO5. The fraction of sp³-hybridized carbons (Fsp3) is 0.250. The summed E-state index contributed by atoms with van der Waals surface area (Å²) in [6.45, 7) is -0.171. The summed E-state index contributed by atoms with van der Waals surface area (Å²) in [6.07, 6.45) is 0. The smallest absolute Gasteiger partial charge is 0.323 e. The van der Waals surface area contributed by atoms with E-state index in [0.29, 0.717) is 0 Å². The van der Waals surface area contributed by atoms with E-state index in [0.717, 1.165) is 4.90 Å². The number of nitrogens with zero attached hydrogens (tertiary/aromatic N) is 1. The molecular weight excluding hydrogens is 305 g/mol. The summed E-state index contributed by atoms with van der Waals surface area (Å²) in [5, 5.41) is 8.88. The van der Waals surface area contributed by atoms with Gasteiger partial charge in [-0.25, -0.2) is 4.39 Å². The number of carboxylic acid groups (broad SMARTS) is 1. The first-order chi connectivity index (χ1) is 11.0.